The SMILES string of the molecule is C=C1NCN(c2ccc(F)cc2)C12CCN(C(=O)c1cc(-c3ccccn3)n(-c3ccc(C(F)(F)F)c(F)c3)n1)CC2. The summed E-state index contributed by atoms with van der Waals surface area (Å²) in [6, 6.07) is 15.3. The maximum atomic E-state index is 14.5. The molecule has 2 fully saturated rings. The van der Waals surface area contributed by atoms with Gasteiger partial charge in [-0.3, -0.25) is 9.78 Å². The molecular formula is C30H25F5N6O. The van der Waals surface area contributed by atoms with Crippen molar-refractivity contribution < 1.29 is 26.7 Å². The zero-order valence-corrected chi connectivity index (χ0v) is 22.2. The van der Waals surface area contributed by atoms with Gasteiger partial charge in [0.15, 0.2) is 5.69 Å². The van der Waals surface area contributed by atoms with Gasteiger partial charge in [-0.1, -0.05) is 12.6 Å². The van der Waals surface area contributed by atoms with E-state index in [2.05, 4.69) is 26.9 Å². The van der Waals surface area contributed by atoms with E-state index in [1.165, 1.54) is 29.1 Å². The highest BCUT2D eigenvalue weighted by Gasteiger charge is 2.47. The number of hydrogen-bond donors (Lipinski definition) is 1. The van der Waals surface area contributed by atoms with Crippen molar-refractivity contribution in [1.29, 1.82) is 0 Å². The minimum absolute atomic E-state index is 0.0149. The Kier molecular flexibility index (Phi) is 6.71. The molecule has 6 rings (SSSR count). The molecule has 0 aliphatic carbocycles. The summed E-state index contributed by atoms with van der Waals surface area (Å²) < 4.78 is 68.7. The van der Waals surface area contributed by atoms with E-state index in [9.17, 15) is 26.7 Å². The summed E-state index contributed by atoms with van der Waals surface area (Å²) in [7, 11) is 0. The van der Waals surface area contributed by atoms with Crippen molar-refractivity contribution in [3.8, 4) is 17.1 Å². The Hall–Kier alpha value is -4.74. The molecule has 1 amide bonds. The number of carbonyl (C=O) groups is 1. The Morgan fingerprint density at radius 3 is 2.31 bits per heavy atom. The number of halogens is 5. The molecule has 12 heteroatoms. The predicted molar refractivity (Wildman–Crippen MR) is 146 cm³/mol. The maximum absolute atomic E-state index is 14.5. The zero-order valence-electron chi connectivity index (χ0n) is 22.2. The van der Waals surface area contributed by atoms with Crippen molar-refractivity contribution in [2.75, 3.05) is 24.7 Å². The molecule has 0 radical (unpaired) electrons. The fourth-order valence-corrected chi connectivity index (χ4v) is 5.67. The highest BCUT2D eigenvalue weighted by Crippen LogP contribution is 2.41. The van der Waals surface area contributed by atoms with Crippen LogP contribution in [-0.4, -0.2) is 50.9 Å². The Balaban J connectivity index is 1.29. The van der Waals surface area contributed by atoms with Crippen LogP contribution in [0.25, 0.3) is 17.1 Å². The average molecular weight is 581 g/mol. The molecule has 7 nitrogen and oxygen atoms in total. The fourth-order valence-electron chi connectivity index (χ4n) is 5.67. The Bertz CT molecular complexity index is 1640. The van der Waals surface area contributed by atoms with Gasteiger partial charge in [-0.25, -0.2) is 13.5 Å². The third-order valence-corrected chi connectivity index (χ3v) is 7.90. The van der Waals surface area contributed by atoms with E-state index < -0.39 is 23.1 Å². The second kappa shape index (κ2) is 10.3. The lowest BCUT2D eigenvalue weighted by Crippen LogP contribution is -2.54. The number of pyridine rings is 1. The number of amides is 1. The second-order valence-corrected chi connectivity index (χ2v) is 10.2. The van der Waals surface area contributed by atoms with Crippen LogP contribution in [0, 0.1) is 11.6 Å². The topological polar surface area (TPSA) is 66.3 Å². The van der Waals surface area contributed by atoms with E-state index in [0.717, 1.165) is 23.5 Å². The molecule has 0 saturated carbocycles. The summed E-state index contributed by atoms with van der Waals surface area (Å²) >= 11 is 0. The van der Waals surface area contributed by atoms with Gasteiger partial charge in [0.2, 0.25) is 0 Å². The van der Waals surface area contributed by atoms with E-state index in [0.29, 0.717) is 50.1 Å². The molecule has 0 unspecified atom stereocenters. The van der Waals surface area contributed by atoms with Gasteiger partial charge in [-0.05, 0) is 67.4 Å². The van der Waals surface area contributed by atoms with Crippen molar-refractivity contribution in [3.05, 3.63) is 108 Å². The number of nitrogens with zero attached hydrogens (tertiary/aromatic N) is 5. The summed E-state index contributed by atoms with van der Waals surface area (Å²) in [6.07, 6.45) is -2.21. The van der Waals surface area contributed by atoms with Gasteiger partial charge in [0.25, 0.3) is 5.91 Å². The van der Waals surface area contributed by atoms with Gasteiger partial charge >= 0.3 is 6.18 Å². The molecule has 4 aromatic rings. The van der Waals surface area contributed by atoms with Gasteiger partial charge < -0.3 is 15.1 Å². The zero-order chi connectivity index (χ0) is 29.6. The first-order valence-corrected chi connectivity index (χ1v) is 13.2. The highest BCUT2D eigenvalue weighted by molar-refractivity contribution is 5.93. The smallest absolute Gasteiger partial charge is 0.370 e. The molecule has 216 valence electrons. The summed E-state index contributed by atoms with van der Waals surface area (Å²) in [6.45, 7) is 5.45. The van der Waals surface area contributed by atoms with Crippen molar-refractivity contribution in [2.24, 2.45) is 0 Å². The summed E-state index contributed by atoms with van der Waals surface area (Å²) in [5, 5.41) is 7.70. The highest BCUT2D eigenvalue weighted by atomic mass is 19.4. The van der Waals surface area contributed by atoms with Gasteiger partial charge in [0, 0.05) is 36.7 Å². The van der Waals surface area contributed by atoms with E-state index in [1.54, 1.807) is 35.2 Å². The first kappa shape index (κ1) is 27.4. The third-order valence-electron chi connectivity index (χ3n) is 7.90. The van der Waals surface area contributed by atoms with Crippen molar-refractivity contribution in [3.63, 3.8) is 0 Å². The van der Waals surface area contributed by atoms with Gasteiger partial charge in [-0.15, -0.1) is 0 Å². The minimum Gasteiger partial charge on any atom is -0.370 e. The van der Waals surface area contributed by atoms with Crippen LogP contribution in [0.1, 0.15) is 28.9 Å². The molecule has 0 bridgehead atoms. The second-order valence-electron chi connectivity index (χ2n) is 10.2. The number of alkyl halides is 3. The quantitative estimate of drug-likeness (QED) is 0.310. The number of hydrogen-bond acceptors (Lipinski definition) is 5. The molecule has 0 atom stereocenters. The Morgan fingerprint density at radius 1 is 0.952 bits per heavy atom. The van der Waals surface area contributed by atoms with Crippen LogP contribution in [0.4, 0.5) is 27.6 Å². The number of carbonyl (C=O) groups excluding carboxylic acids is 1. The average Bonchev–Trinajstić information content (AvgIpc) is 3.56. The Morgan fingerprint density at radius 2 is 1.67 bits per heavy atom. The number of rotatable bonds is 4. The van der Waals surface area contributed by atoms with E-state index in [1.807, 2.05) is 0 Å². The molecular weight excluding hydrogens is 555 g/mol. The molecule has 2 aromatic heterocycles. The van der Waals surface area contributed by atoms with E-state index in [-0.39, 0.29) is 23.1 Å². The molecule has 1 spiro atoms. The lowest BCUT2D eigenvalue weighted by atomic mass is 9.84. The van der Waals surface area contributed by atoms with Crippen LogP contribution < -0.4 is 10.2 Å². The van der Waals surface area contributed by atoms with Gasteiger partial charge in [0.1, 0.15) is 11.6 Å². The lowest BCUT2D eigenvalue weighted by Gasteiger charge is -2.45. The number of aromatic nitrogens is 3. The first-order chi connectivity index (χ1) is 20.1. The largest absolute Gasteiger partial charge is 0.419 e. The number of anilines is 1. The standard InChI is InChI=1S/C30H25F5N6O/c1-19-29(40(18-37-19)21-7-5-20(31)6-8-21)11-14-39(15-12-29)28(42)26-17-27(25-4-2-3-13-36-25)41(38-26)22-9-10-23(24(32)16-22)30(33,34)35/h2-10,13,16-17,37H,1,11-12,14-15,18H2. The number of benzene rings is 2. The molecule has 1 N–H and O–H groups in total. The van der Waals surface area contributed by atoms with Crippen LogP contribution in [0.2, 0.25) is 0 Å². The molecule has 2 saturated heterocycles. The molecule has 2 aromatic carbocycles. The van der Waals surface area contributed by atoms with Crippen LogP contribution in [-0.2, 0) is 6.18 Å². The molecule has 2 aliphatic rings. The summed E-state index contributed by atoms with van der Waals surface area (Å²) in [5.41, 5.74) is 0.591. The molecule has 42 heavy (non-hydrogen) atoms. The summed E-state index contributed by atoms with van der Waals surface area (Å²) in [5.74, 6) is -2.16. The van der Waals surface area contributed by atoms with E-state index >= 15 is 0 Å². The summed E-state index contributed by atoms with van der Waals surface area (Å²) in [4.78, 5) is 21.7. The number of nitrogens with one attached hydrogen (secondary N) is 1. The fraction of sp³-hybridized carbons (Fsp3) is 0.233. The predicted octanol–water partition coefficient (Wildman–Crippen LogP) is 5.79. The van der Waals surface area contributed by atoms with Crippen LogP contribution >= 0.6 is 0 Å². The van der Waals surface area contributed by atoms with E-state index in [4.69, 9.17) is 0 Å². The number of piperidine rings is 1. The molecule has 4 heterocycles. The van der Waals surface area contributed by atoms with Crippen molar-refractivity contribution in [2.45, 2.75) is 24.6 Å². The monoisotopic (exact) mass is 580 g/mol. The maximum Gasteiger partial charge on any atom is 0.419 e. The van der Waals surface area contributed by atoms with Gasteiger partial charge in [0.05, 0.1) is 34.8 Å². The third kappa shape index (κ3) is 4.76. The number of likely N-dealkylation sites (tertiary alicyclic amines) is 1. The van der Waals surface area contributed by atoms with Crippen LogP contribution in [0.5, 0.6) is 0 Å². The minimum atomic E-state index is -4.85. The van der Waals surface area contributed by atoms with Crippen molar-refractivity contribution >= 4 is 11.6 Å². The van der Waals surface area contributed by atoms with Crippen molar-refractivity contribution in [1.82, 2.24) is 25.0 Å². The normalized spacial score (nSPS) is 16.6. The van der Waals surface area contributed by atoms with Crippen LogP contribution in [0.15, 0.2) is 85.2 Å². The first-order valence-electron chi connectivity index (χ1n) is 13.2. The van der Waals surface area contributed by atoms with Gasteiger partial charge in [-0.2, -0.15) is 18.3 Å². The molecule has 2 aliphatic heterocycles. The lowest BCUT2D eigenvalue weighted by molar-refractivity contribution is -0.140. The Labute approximate surface area is 237 Å². The van der Waals surface area contributed by atoms with Crippen LogP contribution in [0.3, 0.4) is 0 Å².